The number of amides is 1. The molecule has 0 spiro atoms. The van der Waals surface area contributed by atoms with Crippen molar-refractivity contribution in [2.45, 2.75) is 26.3 Å². The highest BCUT2D eigenvalue weighted by Crippen LogP contribution is 2.24. The SMILES string of the molecule is CC[C@@H](C)NC(=O)COC(=O)c1cn(-c2ccccc2)nc1-c1ccccc1. The molecule has 6 nitrogen and oxygen atoms in total. The van der Waals surface area contributed by atoms with Crippen molar-refractivity contribution < 1.29 is 14.3 Å². The van der Waals surface area contributed by atoms with E-state index in [9.17, 15) is 9.59 Å². The Morgan fingerprint density at radius 3 is 2.36 bits per heavy atom. The Labute approximate surface area is 164 Å². The van der Waals surface area contributed by atoms with Crippen LogP contribution in [0.2, 0.25) is 0 Å². The zero-order valence-electron chi connectivity index (χ0n) is 16.0. The maximum Gasteiger partial charge on any atom is 0.342 e. The monoisotopic (exact) mass is 377 g/mol. The molecule has 0 unspecified atom stereocenters. The van der Waals surface area contributed by atoms with Gasteiger partial charge in [-0.3, -0.25) is 4.79 Å². The van der Waals surface area contributed by atoms with Crippen molar-refractivity contribution in [3.63, 3.8) is 0 Å². The predicted molar refractivity (Wildman–Crippen MR) is 107 cm³/mol. The normalized spacial score (nSPS) is 11.6. The van der Waals surface area contributed by atoms with Gasteiger partial charge in [0.2, 0.25) is 0 Å². The molecule has 0 bridgehead atoms. The number of carbonyl (C=O) groups is 2. The Morgan fingerprint density at radius 1 is 1.07 bits per heavy atom. The van der Waals surface area contributed by atoms with Crippen molar-refractivity contribution in [1.29, 1.82) is 0 Å². The highest BCUT2D eigenvalue weighted by molar-refractivity contribution is 5.97. The molecule has 1 atom stereocenters. The van der Waals surface area contributed by atoms with Crippen LogP contribution in [0.15, 0.2) is 66.9 Å². The second-order valence-corrected chi connectivity index (χ2v) is 6.49. The van der Waals surface area contributed by atoms with Gasteiger partial charge in [-0.25, -0.2) is 9.48 Å². The fourth-order valence-electron chi connectivity index (χ4n) is 2.67. The van der Waals surface area contributed by atoms with Crippen molar-refractivity contribution in [3.05, 3.63) is 72.4 Å². The van der Waals surface area contributed by atoms with E-state index in [4.69, 9.17) is 4.74 Å². The summed E-state index contributed by atoms with van der Waals surface area (Å²) in [6, 6.07) is 19.0. The van der Waals surface area contributed by atoms with E-state index in [1.807, 2.05) is 74.5 Å². The quantitative estimate of drug-likeness (QED) is 0.639. The molecule has 1 N–H and O–H groups in total. The van der Waals surface area contributed by atoms with Gasteiger partial charge < -0.3 is 10.1 Å². The lowest BCUT2D eigenvalue weighted by Gasteiger charge is -2.11. The zero-order chi connectivity index (χ0) is 19.9. The molecule has 6 heteroatoms. The third-order valence-electron chi connectivity index (χ3n) is 4.36. The summed E-state index contributed by atoms with van der Waals surface area (Å²) in [6.07, 6.45) is 2.44. The molecule has 0 aliphatic heterocycles. The van der Waals surface area contributed by atoms with Crippen LogP contribution in [-0.2, 0) is 9.53 Å². The number of hydrogen-bond donors (Lipinski definition) is 1. The third-order valence-corrected chi connectivity index (χ3v) is 4.36. The van der Waals surface area contributed by atoms with Crippen LogP contribution in [0.3, 0.4) is 0 Å². The van der Waals surface area contributed by atoms with Gasteiger partial charge in [0, 0.05) is 17.8 Å². The summed E-state index contributed by atoms with van der Waals surface area (Å²) >= 11 is 0. The molecular formula is C22H23N3O3. The summed E-state index contributed by atoms with van der Waals surface area (Å²) < 4.78 is 6.88. The minimum Gasteiger partial charge on any atom is -0.452 e. The fraction of sp³-hybridized carbons (Fsp3) is 0.227. The molecule has 1 aromatic heterocycles. The standard InChI is InChI=1S/C22H23N3O3/c1-3-16(2)23-20(26)15-28-22(27)19-14-25(18-12-8-5-9-13-18)24-21(19)17-10-6-4-7-11-17/h4-14,16H,3,15H2,1-2H3,(H,23,26)/t16-/m1/s1. The largest absolute Gasteiger partial charge is 0.452 e. The predicted octanol–water partition coefficient (Wildman–Crippen LogP) is 3.61. The van der Waals surface area contributed by atoms with Crippen LogP contribution in [-0.4, -0.2) is 34.3 Å². The highest BCUT2D eigenvalue weighted by atomic mass is 16.5. The minimum atomic E-state index is -0.583. The summed E-state index contributed by atoms with van der Waals surface area (Å²) in [5.74, 6) is -0.903. The number of hydrogen-bond acceptors (Lipinski definition) is 4. The summed E-state index contributed by atoms with van der Waals surface area (Å²) in [7, 11) is 0. The van der Waals surface area contributed by atoms with Crippen LogP contribution in [0, 0.1) is 0 Å². The summed E-state index contributed by atoms with van der Waals surface area (Å²) in [5, 5.41) is 7.35. The van der Waals surface area contributed by atoms with Crippen LogP contribution in [0.4, 0.5) is 0 Å². The van der Waals surface area contributed by atoms with Gasteiger partial charge in [0.25, 0.3) is 5.91 Å². The van der Waals surface area contributed by atoms with Gasteiger partial charge >= 0.3 is 5.97 Å². The molecule has 1 heterocycles. The topological polar surface area (TPSA) is 73.2 Å². The third kappa shape index (κ3) is 4.65. The Kier molecular flexibility index (Phi) is 6.22. The first-order chi connectivity index (χ1) is 13.6. The smallest absolute Gasteiger partial charge is 0.342 e. The van der Waals surface area contributed by atoms with E-state index in [0.717, 1.165) is 17.7 Å². The lowest BCUT2D eigenvalue weighted by molar-refractivity contribution is -0.124. The molecule has 3 rings (SSSR count). The number of carbonyl (C=O) groups excluding carboxylic acids is 2. The lowest BCUT2D eigenvalue weighted by Crippen LogP contribution is -2.35. The Morgan fingerprint density at radius 2 is 1.71 bits per heavy atom. The van der Waals surface area contributed by atoms with Crippen molar-refractivity contribution in [3.8, 4) is 16.9 Å². The van der Waals surface area contributed by atoms with E-state index in [2.05, 4.69) is 10.4 Å². The van der Waals surface area contributed by atoms with Crippen LogP contribution < -0.4 is 5.32 Å². The molecule has 2 aromatic carbocycles. The van der Waals surface area contributed by atoms with Crippen LogP contribution in [0.25, 0.3) is 16.9 Å². The molecule has 144 valence electrons. The molecule has 0 radical (unpaired) electrons. The molecule has 3 aromatic rings. The van der Waals surface area contributed by atoms with E-state index in [-0.39, 0.29) is 18.6 Å². The number of para-hydroxylation sites is 1. The first-order valence-corrected chi connectivity index (χ1v) is 9.25. The Bertz CT molecular complexity index is 936. The Balaban J connectivity index is 1.85. The van der Waals surface area contributed by atoms with Crippen LogP contribution in [0.5, 0.6) is 0 Å². The summed E-state index contributed by atoms with van der Waals surface area (Å²) in [4.78, 5) is 24.6. The van der Waals surface area contributed by atoms with Crippen LogP contribution >= 0.6 is 0 Å². The van der Waals surface area contributed by atoms with Crippen molar-refractivity contribution in [1.82, 2.24) is 15.1 Å². The van der Waals surface area contributed by atoms with Gasteiger partial charge in [-0.05, 0) is 25.5 Å². The van der Waals surface area contributed by atoms with Gasteiger partial charge in [0.05, 0.1) is 5.69 Å². The van der Waals surface area contributed by atoms with Gasteiger partial charge in [0.1, 0.15) is 11.3 Å². The number of aromatic nitrogens is 2. The maximum atomic E-state index is 12.7. The van der Waals surface area contributed by atoms with E-state index in [1.165, 1.54) is 0 Å². The lowest BCUT2D eigenvalue weighted by atomic mass is 10.1. The Hall–Kier alpha value is -3.41. The van der Waals surface area contributed by atoms with Crippen LogP contribution in [0.1, 0.15) is 30.6 Å². The molecule has 0 saturated carbocycles. The highest BCUT2D eigenvalue weighted by Gasteiger charge is 2.21. The van der Waals surface area contributed by atoms with Gasteiger partial charge in [-0.15, -0.1) is 0 Å². The number of nitrogens with one attached hydrogen (secondary N) is 1. The van der Waals surface area contributed by atoms with Gasteiger partial charge in [-0.2, -0.15) is 5.10 Å². The average molecular weight is 377 g/mol. The molecule has 1 amide bonds. The van der Waals surface area contributed by atoms with Gasteiger partial charge in [-0.1, -0.05) is 55.5 Å². The minimum absolute atomic E-state index is 0.0342. The van der Waals surface area contributed by atoms with E-state index in [0.29, 0.717) is 11.3 Å². The number of rotatable bonds is 7. The van der Waals surface area contributed by atoms with Crippen molar-refractivity contribution >= 4 is 11.9 Å². The average Bonchev–Trinajstić information content (AvgIpc) is 3.19. The second kappa shape index (κ2) is 8.99. The number of nitrogens with zero attached hydrogens (tertiary/aromatic N) is 2. The fourth-order valence-corrected chi connectivity index (χ4v) is 2.67. The second-order valence-electron chi connectivity index (χ2n) is 6.49. The number of benzene rings is 2. The molecule has 0 fully saturated rings. The molecule has 0 saturated heterocycles. The molecule has 28 heavy (non-hydrogen) atoms. The first-order valence-electron chi connectivity index (χ1n) is 9.25. The zero-order valence-corrected chi connectivity index (χ0v) is 16.0. The summed E-state index contributed by atoms with van der Waals surface area (Å²) in [5.41, 5.74) is 2.45. The summed E-state index contributed by atoms with van der Waals surface area (Å²) in [6.45, 7) is 3.55. The van der Waals surface area contributed by atoms with E-state index in [1.54, 1.807) is 10.9 Å². The number of esters is 1. The molecule has 0 aliphatic carbocycles. The van der Waals surface area contributed by atoms with Crippen molar-refractivity contribution in [2.75, 3.05) is 6.61 Å². The van der Waals surface area contributed by atoms with Crippen molar-refractivity contribution in [2.24, 2.45) is 0 Å². The van der Waals surface area contributed by atoms with Gasteiger partial charge in [0.15, 0.2) is 6.61 Å². The first kappa shape index (κ1) is 19.4. The van der Waals surface area contributed by atoms with E-state index < -0.39 is 5.97 Å². The number of ether oxygens (including phenoxy) is 1. The maximum absolute atomic E-state index is 12.7. The molecule has 0 aliphatic rings. The molecular weight excluding hydrogens is 354 g/mol. The van der Waals surface area contributed by atoms with E-state index >= 15 is 0 Å².